The third-order valence-electron chi connectivity index (χ3n) is 7.56. The Balaban J connectivity index is 1.14. The van der Waals surface area contributed by atoms with Crippen LogP contribution in [0.5, 0.6) is 0 Å². The number of nitrogens with zero attached hydrogens (tertiary/aromatic N) is 3. The molecule has 1 aliphatic carbocycles. The summed E-state index contributed by atoms with van der Waals surface area (Å²) in [5.74, 6) is 1.32. The Labute approximate surface area is 206 Å². The second-order valence-electron chi connectivity index (χ2n) is 10.2. The SMILES string of the molecule is CC(=O)C1CCC(N2CC(NC(=O)CNc3nn(Cc4ccccc4)c4ccc(C)cc34)C2)CC1. The lowest BCUT2D eigenvalue weighted by molar-refractivity contribution is -0.123. The van der Waals surface area contributed by atoms with Crippen molar-refractivity contribution >= 4 is 28.4 Å². The Morgan fingerprint density at radius 3 is 2.49 bits per heavy atom. The van der Waals surface area contributed by atoms with E-state index in [1.165, 1.54) is 5.56 Å². The van der Waals surface area contributed by atoms with Gasteiger partial charge in [0.25, 0.3) is 0 Å². The molecule has 184 valence electrons. The van der Waals surface area contributed by atoms with Crippen molar-refractivity contribution in [3.8, 4) is 0 Å². The number of aromatic nitrogens is 2. The average Bonchev–Trinajstić information content (AvgIpc) is 3.16. The summed E-state index contributed by atoms with van der Waals surface area (Å²) in [5.41, 5.74) is 3.40. The number of anilines is 1. The molecule has 35 heavy (non-hydrogen) atoms. The van der Waals surface area contributed by atoms with Crippen molar-refractivity contribution in [3.05, 3.63) is 59.7 Å². The number of aryl methyl sites for hydroxylation is 1. The van der Waals surface area contributed by atoms with E-state index in [0.29, 0.717) is 18.4 Å². The zero-order chi connectivity index (χ0) is 24.4. The van der Waals surface area contributed by atoms with Crippen LogP contribution in [0.1, 0.15) is 43.7 Å². The summed E-state index contributed by atoms with van der Waals surface area (Å²) in [6.07, 6.45) is 4.18. The molecule has 0 radical (unpaired) electrons. The van der Waals surface area contributed by atoms with Crippen molar-refractivity contribution in [2.24, 2.45) is 5.92 Å². The Morgan fingerprint density at radius 2 is 1.77 bits per heavy atom. The number of hydrogen-bond acceptors (Lipinski definition) is 5. The highest BCUT2D eigenvalue weighted by Crippen LogP contribution is 2.30. The lowest BCUT2D eigenvalue weighted by atomic mass is 9.82. The van der Waals surface area contributed by atoms with Gasteiger partial charge in [-0.1, -0.05) is 42.0 Å². The Hall–Kier alpha value is -3.19. The zero-order valence-electron chi connectivity index (χ0n) is 20.7. The van der Waals surface area contributed by atoms with E-state index in [1.54, 1.807) is 6.92 Å². The number of ketones is 1. The first kappa shape index (κ1) is 23.5. The standard InChI is InChI=1S/C28H35N5O2/c1-19-8-13-26-25(14-19)28(31-33(26)16-21-6-4-3-5-7-21)29-15-27(35)30-23-17-32(18-23)24-11-9-22(10-12-24)20(2)34/h3-8,13-14,22-24H,9-12,15-18H2,1-2H3,(H,29,31)(H,30,35). The van der Waals surface area contributed by atoms with Gasteiger partial charge in [0.05, 0.1) is 24.6 Å². The van der Waals surface area contributed by atoms with E-state index in [2.05, 4.69) is 52.8 Å². The van der Waals surface area contributed by atoms with Gasteiger partial charge < -0.3 is 10.6 Å². The Kier molecular flexibility index (Phi) is 6.86. The number of likely N-dealkylation sites (tertiary alicyclic amines) is 1. The number of nitrogens with one attached hydrogen (secondary N) is 2. The summed E-state index contributed by atoms with van der Waals surface area (Å²) in [6, 6.07) is 17.3. The first-order valence-electron chi connectivity index (χ1n) is 12.7. The molecular weight excluding hydrogens is 438 g/mol. The van der Waals surface area contributed by atoms with E-state index < -0.39 is 0 Å². The highest BCUT2D eigenvalue weighted by atomic mass is 16.2. The fourth-order valence-electron chi connectivity index (χ4n) is 5.49. The number of carbonyl (C=O) groups excluding carboxylic acids is 2. The van der Waals surface area contributed by atoms with Crippen molar-refractivity contribution in [1.29, 1.82) is 0 Å². The van der Waals surface area contributed by atoms with E-state index in [4.69, 9.17) is 5.10 Å². The van der Waals surface area contributed by atoms with Crippen molar-refractivity contribution in [3.63, 3.8) is 0 Å². The van der Waals surface area contributed by atoms with E-state index in [-0.39, 0.29) is 24.4 Å². The van der Waals surface area contributed by atoms with Crippen LogP contribution in [0.2, 0.25) is 0 Å². The molecule has 1 saturated heterocycles. The van der Waals surface area contributed by atoms with Gasteiger partial charge in [0.2, 0.25) is 5.91 Å². The number of benzene rings is 2. The molecule has 1 amide bonds. The fourth-order valence-corrected chi connectivity index (χ4v) is 5.49. The summed E-state index contributed by atoms with van der Waals surface area (Å²) in [6.45, 7) is 6.46. The second kappa shape index (κ2) is 10.2. The molecule has 1 aliphatic heterocycles. The second-order valence-corrected chi connectivity index (χ2v) is 10.2. The first-order valence-corrected chi connectivity index (χ1v) is 12.7. The minimum atomic E-state index is -0.00616. The molecule has 5 rings (SSSR count). The minimum Gasteiger partial charge on any atom is -0.359 e. The van der Waals surface area contributed by atoms with Crippen molar-refractivity contribution in [2.45, 2.75) is 58.2 Å². The lowest BCUT2D eigenvalue weighted by Crippen LogP contribution is -2.63. The number of rotatable bonds is 8. The zero-order valence-corrected chi connectivity index (χ0v) is 20.7. The predicted octanol–water partition coefficient (Wildman–Crippen LogP) is 3.75. The van der Waals surface area contributed by atoms with Crippen LogP contribution in [0.3, 0.4) is 0 Å². The van der Waals surface area contributed by atoms with Gasteiger partial charge in [0.15, 0.2) is 5.82 Å². The van der Waals surface area contributed by atoms with E-state index >= 15 is 0 Å². The van der Waals surface area contributed by atoms with Crippen LogP contribution in [-0.4, -0.2) is 58.1 Å². The molecule has 7 heteroatoms. The van der Waals surface area contributed by atoms with Gasteiger partial charge in [-0.3, -0.25) is 19.2 Å². The molecule has 0 unspecified atom stereocenters. The van der Waals surface area contributed by atoms with Crippen molar-refractivity contribution in [1.82, 2.24) is 20.0 Å². The molecule has 0 spiro atoms. The highest BCUT2D eigenvalue weighted by Gasteiger charge is 2.35. The summed E-state index contributed by atoms with van der Waals surface area (Å²) in [4.78, 5) is 26.7. The Morgan fingerprint density at radius 1 is 1.03 bits per heavy atom. The van der Waals surface area contributed by atoms with Crippen LogP contribution < -0.4 is 10.6 Å². The van der Waals surface area contributed by atoms with Gasteiger partial charge in [-0.2, -0.15) is 5.10 Å². The van der Waals surface area contributed by atoms with Gasteiger partial charge in [0.1, 0.15) is 5.78 Å². The molecule has 1 saturated carbocycles. The molecular formula is C28H35N5O2. The quantitative estimate of drug-likeness (QED) is 0.521. The van der Waals surface area contributed by atoms with Gasteiger partial charge >= 0.3 is 0 Å². The van der Waals surface area contributed by atoms with Crippen LogP contribution >= 0.6 is 0 Å². The number of hydrogen-bond donors (Lipinski definition) is 2. The maximum Gasteiger partial charge on any atom is 0.239 e. The molecule has 1 aromatic heterocycles. The van der Waals surface area contributed by atoms with Gasteiger partial charge in [-0.15, -0.1) is 0 Å². The van der Waals surface area contributed by atoms with Crippen LogP contribution in [0.25, 0.3) is 10.9 Å². The van der Waals surface area contributed by atoms with Gasteiger partial charge in [0, 0.05) is 30.4 Å². The van der Waals surface area contributed by atoms with Crippen molar-refractivity contribution < 1.29 is 9.59 Å². The number of Topliss-reactive ketones (excluding diaryl/α,β-unsaturated/α-hetero) is 1. The summed E-state index contributed by atoms with van der Waals surface area (Å²) in [5, 5.41) is 12.3. The van der Waals surface area contributed by atoms with Gasteiger partial charge in [-0.05, 0) is 57.2 Å². The molecule has 7 nitrogen and oxygen atoms in total. The van der Waals surface area contributed by atoms with Crippen LogP contribution in [0.15, 0.2) is 48.5 Å². The van der Waals surface area contributed by atoms with E-state index in [0.717, 1.165) is 61.1 Å². The summed E-state index contributed by atoms with van der Waals surface area (Å²) in [7, 11) is 0. The first-order chi connectivity index (χ1) is 17.0. The highest BCUT2D eigenvalue weighted by molar-refractivity contribution is 5.92. The lowest BCUT2D eigenvalue weighted by Gasteiger charge is -2.46. The van der Waals surface area contributed by atoms with E-state index in [9.17, 15) is 9.59 Å². The van der Waals surface area contributed by atoms with Gasteiger partial charge in [-0.25, -0.2) is 0 Å². The smallest absolute Gasteiger partial charge is 0.239 e. The fraction of sp³-hybridized carbons (Fsp3) is 0.464. The molecule has 2 heterocycles. The largest absolute Gasteiger partial charge is 0.359 e. The number of fused-ring (bicyclic) bond motifs is 1. The molecule has 2 N–H and O–H groups in total. The average molecular weight is 474 g/mol. The number of amides is 1. The maximum atomic E-state index is 12.7. The van der Waals surface area contributed by atoms with Crippen LogP contribution in [-0.2, 0) is 16.1 Å². The number of carbonyl (C=O) groups is 2. The molecule has 2 fully saturated rings. The molecule has 0 atom stereocenters. The van der Waals surface area contributed by atoms with E-state index in [1.807, 2.05) is 22.9 Å². The monoisotopic (exact) mass is 473 g/mol. The summed E-state index contributed by atoms with van der Waals surface area (Å²) < 4.78 is 2.00. The molecule has 2 aromatic carbocycles. The topological polar surface area (TPSA) is 79.3 Å². The van der Waals surface area contributed by atoms with Crippen molar-refractivity contribution in [2.75, 3.05) is 25.0 Å². The Bertz CT molecular complexity index is 1190. The minimum absolute atomic E-state index is 0.00616. The maximum absolute atomic E-state index is 12.7. The normalized spacial score (nSPS) is 21.0. The predicted molar refractivity (Wildman–Crippen MR) is 138 cm³/mol. The van der Waals surface area contributed by atoms with Crippen LogP contribution in [0, 0.1) is 12.8 Å². The molecule has 2 aliphatic rings. The van der Waals surface area contributed by atoms with Crippen LogP contribution in [0.4, 0.5) is 5.82 Å². The third-order valence-corrected chi connectivity index (χ3v) is 7.56. The summed E-state index contributed by atoms with van der Waals surface area (Å²) >= 11 is 0. The molecule has 3 aromatic rings. The molecule has 0 bridgehead atoms. The third kappa shape index (κ3) is 5.40.